The van der Waals surface area contributed by atoms with Crippen LogP contribution in [0.15, 0.2) is 0 Å². The molecule has 0 bridgehead atoms. The number of carbonyl (C=O) groups is 2. The molecule has 2 aliphatic rings. The van der Waals surface area contributed by atoms with Gasteiger partial charge in [0.15, 0.2) is 0 Å². The Labute approximate surface area is 83.0 Å². The Morgan fingerprint density at radius 3 is 2.93 bits per heavy atom. The van der Waals surface area contributed by atoms with Crippen molar-refractivity contribution in [1.82, 2.24) is 15.1 Å². The van der Waals surface area contributed by atoms with Gasteiger partial charge < -0.3 is 9.80 Å². The van der Waals surface area contributed by atoms with E-state index >= 15 is 0 Å². The monoisotopic (exact) mass is 197 g/mol. The average Bonchev–Trinajstić information content (AvgIpc) is 2.41. The van der Waals surface area contributed by atoms with Crippen LogP contribution >= 0.6 is 0 Å². The maximum Gasteiger partial charge on any atom is 0.324 e. The number of urea groups is 1. The first-order valence-corrected chi connectivity index (χ1v) is 5.06. The lowest BCUT2D eigenvalue weighted by molar-refractivity contribution is -0.121. The van der Waals surface area contributed by atoms with Gasteiger partial charge in [-0.05, 0) is 19.5 Å². The van der Waals surface area contributed by atoms with Gasteiger partial charge in [0.1, 0.15) is 6.04 Å². The summed E-state index contributed by atoms with van der Waals surface area (Å²) in [7, 11) is 0. The van der Waals surface area contributed by atoms with Gasteiger partial charge in [0.25, 0.3) is 5.91 Å². The van der Waals surface area contributed by atoms with Crippen LogP contribution in [0.3, 0.4) is 0 Å². The number of nitrogens with zero attached hydrogens (tertiary/aromatic N) is 2. The fourth-order valence-electron chi connectivity index (χ4n) is 2.07. The molecule has 5 heteroatoms. The number of amides is 3. The largest absolute Gasteiger partial charge is 0.324 e. The number of nitrogens with one attached hydrogen (secondary N) is 1. The highest BCUT2D eigenvalue weighted by Gasteiger charge is 2.39. The summed E-state index contributed by atoms with van der Waals surface area (Å²) in [5.74, 6) is -0.143. The standard InChI is InChI=1S/C9H15N3O2/c1-2-11-4-3-5-12-7(6-11)8(13)10-9(12)14/h7H,2-6H2,1H3,(H,10,13,14). The Kier molecular flexibility index (Phi) is 2.41. The average molecular weight is 197 g/mol. The van der Waals surface area contributed by atoms with Gasteiger partial charge in [-0.2, -0.15) is 0 Å². The van der Waals surface area contributed by atoms with Crippen molar-refractivity contribution in [1.29, 1.82) is 0 Å². The van der Waals surface area contributed by atoms with E-state index in [-0.39, 0.29) is 18.0 Å². The molecule has 78 valence electrons. The molecule has 2 aliphatic heterocycles. The molecule has 2 saturated heterocycles. The van der Waals surface area contributed by atoms with Crippen molar-refractivity contribution >= 4 is 11.9 Å². The van der Waals surface area contributed by atoms with Crippen LogP contribution in [0.5, 0.6) is 0 Å². The van der Waals surface area contributed by atoms with E-state index in [1.54, 1.807) is 4.90 Å². The lowest BCUT2D eigenvalue weighted by Crippen LogP contribution is -2.41. The highest BCUT2D eigenvalue weighted by molar-refractivity contribution is 6.04. The normalized spacial score (nSPS) is 28.6. The van der Waals surface area contributed by atoms with E-state index in [0.717, 1.165) is 19.5 Å². The van der Waals surface area contributed by atoms with Gasteiger partial charge in [0.05, 0.1) is 0 Å². The summed E-state index contributed by atoms with van der Waals surface area (Å²) < 4.78 is 0. The van der Waals surface area contributed by atoms with Gasteiger partial charge in [-0.15, -0.1) is 0 Å². The SMILES string of the molecule is CCN1CCCN2C(=O)NC(=O)C2C1. The zero-order valence-corrected chi connectivity index (χ0v) is 8.32. The fraction of sp³-hybridized carbons (Fsp3) is 0.778. The number of imide groups is 1. The number of rotatable bonds is 1. The molecule has 1 unspecified atom stereocenters. The predicted octanol–water partition coefficient (Wildman–Crippen LogP) is -0.368. The molecular formula is C9H15N3O2. The highest BCUT2D eigenvalue weighted by Crippen LogP contribution is 2.14. The molecular weight excluding hydrogens is 182 g/mol. The second-order valence-electron chi connectivity index (χ2n) is 3.75. The van der Waals surface area contributed by atoms with Crippen LogP contribution in [0.4, 0.5) is 4.79 Å². The number of hydrogen-bond donors (Lipinski definition) is 1. The van der Waals surface area contributed by atoms with Crippen LogP contribution in [0.25, 0.3) is 0 Å². The van der Waals surface area contributed by atoms with Crippen LogP contribution in [0.2, 0.25) is 0 Å². The predicted molar refractivity (Wildman–Crippen MR) is 50.8 cm³/mol. The van der Waals surface area contributed by atoms with E-state index in [9.17, 15) is 9.59 Å². The van der Waals surface area contributed by atoms with Crippen molar-refractivity contribution in [2.45, 2.75) is 19.4 Å². The first kappa shape index (κ1) is 9.45. The Morgan fingerprint density at radius 1 is 1.43 bits per heavy atom. The van der Waals surface area contributed by atoms with Crippen molar-refractivity contribution in [2.75, 3.05) is 26.2 Å². The molecule has 0 radical (unpaired) electrons. The minimum absolute atomic E-state index is 0.143. The van der Waals surface area contributed by atoms with Crippen LogP contribution in [0, 0.1) is 0 Å². The number of fused-ring (bicyclic) bond motifs is 1. The zero-order valence-electron chi connectivity index (χ0n) is 8.32. The van der Waals surface area contributed by atoms with Gasteiger partial charge in [-0.25, -0.2) is 4.79 Å². The molecule has 2 heterocycles. The highest BCUT2D eigenvalue weighted by atomic mass is 16.2. The summed E-state index contributed by atoms with van der Waals surface area (Å²) in [5.41, 5.74) is 0. The molecule has 1 N–H and O–H groups in total. The van der Waals surface area contributed by atoms with Crippen LogP contribution in [0.1, 0.15) is 13.3 Å². The van der Waals surface area contributed by atoms with Crippen LogP contribution < -0.4 is 5.32 Å². The molecule has 0 spiro atoms. The maximum absolute atomic E-state index is 11.4. The molecule has 0 aromatic carbocycles. The Morgan fingerprint density at radius 2 is 2.21 bits per heavy atom. The quantitative estimate of drug-likeness (QED) is 0.584. The lowest BCUT2D eigenvalue weighted by Gasteiger charge is -2.21. The van der Waals surface area contributed by atoms with E-state index in [2.05, 4.69) is 17.1 Å². The minimum atomic E-state index is -0.259. The Bertz CT molecular complexity index is 267. The smallest absolute Gasteiger partial charge is 0.311 e. The van der Waals surface area contributed by atoms with Gasteiger partial charge in [-0.1, -0.05) is 6.92 Å². The van der Waals surface area contributed by atoms with Crippen molar-refractivity contribution < 1.29 is 9.59 Å². The molecule has 0 aliphatic carbocycles. The first-order valence-electron chi connectivity index (χ1n) is 5.06. The lowest BCUT2D eigenvalue weighted by atomic mass is 10.2. The van der Waals surface area contributed by atoms with Crippen molar-refractivity contribution in [3.05, 3.63) is 0 Å². The number of hydrogen-bond acceptors (Lipinski definition) is 3. The van der Waals surface area contributed by atoms with Crippen LogP contribution in [-0.4, -0.2) is 54.0 Å². The first-order chi connectivity index (χ1) is 6.72. The molecule has 2 rings (SSSR count). The van der Waals surface area contributed by atoms with E-state index in [0.29, 0.717) is 13.1 Å². The fourth-order valence-corrected chi connectivity index (χ4v) is 2.07. The van der Waals surface area contributed by atoms with E-state index in [4.69, 9.17) is 0 Å². The van der Waals surface area contributed by atoms with E-state index in [1.165, 1.54) is 0 Å². The molecule has 1 atom stereocenters. The Balaban J connectivity index is 2.13. The molecule has 5 nitrogen and oxygen atoms in total. The summed E-state index contributed by atoms with van der Waals surface area (Å²) in [4.78, 5) is 26.6. The summed E-state index contributed by atoms with van der Waals surface area (Å²) >= 11 is 0. The zero-order chi connectivity index (χ0) is 10.1. The summed E-state index contributed by atoms with van der Waals surface area (Å²) in [6, 6.07) is -0.483. The minimum Gasteiger partial charge on any atom is -0.311 e. The summed E-state index contributed by atoms with van der Waals surface area (Å²) in [6.07, 6.45) is 0.949. The van der Waals surface area contributed by atoms with Gasteiger partial charge in [0, 0.05) is 13.1 Å². The molecule has 2 fully saturated rings. The van der Waals surface area contributed by atoms with Crippen molar-refractivity contribution in [2.24, 2.45) is 0 Å². The van der Waals surface area contributed by atoms with Crippen LogP contribution in [-0.2, 0) is 4.79 Å². The second-order valence-corrected chi connectivity index (χ2v) is 3.75. The van der Waals surface area contributed by atoms with E-state index < -0.39 is 0 Å². The topological polar surface area (TPSA) is 52.6 Å². The summed E-state index contributed by atoms with van der Waals surface area (Å²) in [5, 5.41) is 2.35. The maximum atomic E-state index is 11.4. The third-order valence-electron chi connectivity index (χ3n) is 2.92. The second kappa shape index (κ2) is 3.57. The summed E-state index contributed by atoms with van der Waals surface area (Å²) in [6.45, 7) is 5.35. The number of carbonyl (C=O) groups excluding carboxylic acids is 2. The molecule has 0 aromatic rings. The third-order valence-corrected chi connectivity index (χ3v) is 2.92. The van der Waals surface area contributed by atoms with Gasteiger partial charge >= 0.3 is 6.03 Å². The molecule has 0 aromatic heterocycles. The third kappa shape index (κ3) is 1.48. The molecule has 0 saturated carbocycles. The van der Waals surface area contributed by atoms with Gasteiger partial charge in [0.2, 0.25) is 0 Å². The van der Waals surface area contributed by atoms with E-state index in [1.807, 2.05) is 0 Å². The molecule has 3 amide bonds. The van der Waals surface area contributed by atoms with Gasteiger partial charge in [-0.3, -0.25) is 10.1 Å². The van der Waals surface area contributed by atoms with Crippen molar-refractivity contribution in [3.8, 4) is 0 Å². The Hall–Kier alpha value is -1.10. The molecule has 14 heavy (non-hydrogen) atoms. The van der Waals surface area contributed by atoms with Crippen molar-refractivity contribution in [3.63, 3.8) is 0 Å². The number of likely N-dealkylation sites (N-methyl/N-ethyl adjacent to an activating group) is 1.